The van der Waals surface area contributed by atoms with Crippen LogP contribution in [-0.2, 0) is 11.2 Å². The molecule has 1 aromatic rings. The molecule has 0 radical (unpaired) electrons. The maximum atomic E-state index is 12.6. The summed E-state index contributed by atoms with van der Waals surface area (Å²) in [5.41, 5.74) is 7.94. The number of amides is 1. The first kappa shape index (κ1) is 14.5. The summed E-state index contributed by atoms with van der Waals surface area (Å²) < 4.78 is 0. The van der Waals surface area contributed by atoms with Crippen molar-refractivity contribution in [3.8, 4) is 0 Å². The molecule has 1 aromatic carbocycles. The van der Waals surface area contributed by atoms with Crippen LogP contribution in [0.2, 0.25) is 0 Å². The summed E-state index contributed by atoms with van der Waals surface area (Å²) in [7, 11) is 0. The third-order valence-corrected chi connectivity index (χ3v) is 4.83. The highest BCUT2D eigenvalue weighted by atomic mass is 16.2. The molecule has 0 spiro atoms. The van der Waals surface area contributed by atoms with Crippen molar-refractivity contribution in [3.05, 3.63) is 29.8 Å². The van der Waals surface area contributed by atoms with Gasteiger partial charge in [0.15, 0.2) is 0 Å². The number of nitrogens with one attached hydrogen (secondary N) is 1. The van der Waals surface area contributed by atoms with E-state index in [-0.39, 0.29) is 11.9 Å². The Bertz CT molecular complexity index is 501. The van der Waals surface area contributed by atoms with Gasteiger partial charge in [-0.1, -0.05) is 18.2 Å². The first-order valence-corrected chi connectivity index (χ1v) is 8.11. The second-order valence-corrected chi connectivity index (χ2v) is 6.28. The van der Waals surface area contributed by atoms with Gasteiger partial charge in [0.05, 0.1) is 6.04 Å². The molecule has 3 N–H and O–H groups in total. The summed E-state index contributed by atoms with van der Waals surface area (Å²) in [6.45, 7) is 2.81. The van der Waals surface area contributed by atoms with Gasteiger partial charge in [-0.05, 0) is 62.7 Å². The Morgan fingerprint density at radius 2 is 2.14 bits per heavy atom. The summed E-state index contributed by atoms with van der Waals surface area (Å²) >= 11 is 0. The summed E-state index contributed by atoms with van der Waals surface area (Å²) in [5, 5.41) is 3.11. The molecule has 21 heavy (non-hydrogen) atoms. The van der Waals surface area contributed by atoms with Crippen LogP contribution in [0.3, 0.4) is 0 Å². The molecule has 1 amide bonds. The topological polar surface area (TPSA) is 58.4 Å². The highest BCUT2D eigenvalue weighted by molar-refractivity contribution is 5.96. The van der Waals surface area contributed by atoms with E-state index < -0.39 is 0 Å². The van der Waals surface area contributed by atoms with Crippen LogP contribution in [0, 0.1) is 5.92 Å². The first-order valence-electron chi connectivity index (χ1n) is 8.11. The fraction of sp³-hybridized carbons (Fsp3) is 0.588. The Morgan fingerprint density at radius 1 is 1.29 bits per heavy atom. The van der Waals surface area contributed by atoms with Crippen molar-refractivity contribution in [1.82, 2.24) is 4.90 Å². The summed E-state index contributed by atoms with van der Waals surface area (Å²) in [4.78, 5) is 14.9. The number of carbonyl (C=O) groups excluding carboxylic acids is 1. The van der Waals surface area contributed by atoms with E-state index in [1.54, 1.807) is 0 Å². The SMILES string of the molecule is NCCC1CCCN(C2CCc3ccccc3NC2=O)C1. The number of fused-ring (bicyclic) bond motifs is 1. The van der Waals surface area contributed by atoms with Crippen LogP contribution in [0.4, 0.5) is 5.69 Å². The molecular weight excluding hydrogens is 262 g/mol. The van der Waals surface area contributed by atoms with Crippen molar-refractivity contribution in [1.29, 1.82) is 0 Å². The van der Waals surface area contributed by atoms with E-state index >= 15 is 0 Å². The van der Waals surface area contributed by atoms with Crippen LogP contribution >= 0.6 is 0 Å². The monoisotopic (exact) mass is 287 g/mol. The number of aryl methyl sites for hydroxylation is 1. The van der Waals surface area contributed by atoms with E-state index in [1.807, 2.05) is 18.2 Å². The van der Waals surface area contributed by atoms with E-state index in [2.05, 4.69) is 16.3 Å². The molecule has 3 rings (SSSR count). The second kappa shape index (κ2) is 6.58. The molecule has 4 nitrogen and oxygen atoms in total. The Hall–Kier alpha value is -1.39. The van der Waals surface area contributed by atoms with Gasteiger partial charge in [0.2, 0.25) is 5.91 Å². The van der Waals surface area contributed by atoms with Crippen molar-refractivity contribution in [2.24, 2.45) is 11.7 Å². The number of hydrogen-bond acceptors (Lipinski definition) is 3. The number of carbonyl (C=O) groups is 1. The molecule has 0 aliphatic carbocycles. The molecule has 1 saturated heterocycles. The molecule has 2 aliphatic heterocycles. The average Bonchev–Trinajstić information content (AvgIpc) is 2.66. The van der Waals surface area contributed by atoms with E-state index in [0.29, 0.717) is 5.92 Å². The van der Waals surface area contributed by atoms with Crippen molar-refractivity contribution < 1.29 is 4.79 Å². The van der Waals surface area contributed by atoms with E-state index in [1.165, 1.54) is 18.4 Å². The lowest BCUT2D eigenvalue weighted by atomic mass is 9.93. The summed E-state index contributed by atoms with van der Waals surface area (Å²) in [5.74, 6) is 0.815. The quantitative estimate of drug-likeness (QED) is 0.894. The van der Waals surface area contributed by atoms with Gasteiger partial charge >= 0.3 is 0 Å². The van der Waals surface area contributed by atoms with E-state index in [9.17, 15) is 4.79 Å². The molecular formula is C17H25N3O. The fourth-order valence-corrected chi connectivity index (χ4v) is 3.70. The van der Waals surface area contributed by atoms with Gasteiger partial charge in [-0.3, -0.25) is 9.69 Å². The predicted octanol–water partition coefficient (Wildman–Crippen LogP) is 2.00. The second-order valence-electron chi connectivity index (χ2n) is 6.28. The third kappa shape index (κ3) is 3.27. The molecule has 2 aliphatic rings. The number of piperidine rings is 1. The molecule has 0 bridgehead atoms. The molecule has 2 heterocycles. The lowest BCUT2D eigenvalue weighted by Gasteiger charge is -2.37. The minimum Gasteiger partial charge on any atom is -0.330 e. The van der Waals surface area contributed by atoms with E-state index in [4.69, 9.17) is 5.73 Å². The van der Waals surface area contributed by atoms with Gasteiger partial charge in [-0.25, -0.2) is 0 Å². The standard InChI is InChI=1S/C17H25N3O/c18-10-9-13-4-3-11-20(12-13)16-8-7-14-5-1-2-6-15(14)19-17(16)21/h1-2,5-6,13,16H,3-4,7-12,18H2,(H,19,21). The van der Waals surface area contributed by atoms with Crippen LogP contribution in [0.1, 0.15) is 31.2 Å². The van der Waals surface area contributed by atoms with Crippen molar-refractivity contribution in [2.45, 2.75) is 38.1 Å². The maximum Gasteiger partial charge on any atom is 0.241 e. The lowest BCUT2D eigenvalue weighted by Crippen LogP contribution is -2.48. The van der Waals surface area contributed by atoms with Crippen LogP contribution in [0.25, 0.3) is 0 Å². The van der Waals surface area contributed by atoms with Gasteiger partial charge in [-0.15, -0.1) is 0 Å². The first-order chi connectivity index (χ1) is 10.3. The molecule has 1 fully saturated rings. The highest BCUT2D eigenvalue weighted by Gasteiger charge is 2.31. The average molecular weight is 287 g/mol. The van der Waals surface area contributed by atoms with Crippen LogP contribution in [0.15, 0.2) is 24.3 Å². The Kier molecular flexibility index (Phi) is 4.56. The molecule has 4 heteroatoms. The lowest BCUT2D eigenvalue weighted by molar-refractivity contribution is -0.122. The van der Waals surface area contributed by atoms with Crippen LogP contribution in [-0.4, -0.2) is 36.5 Å². The molecule has 0 aromatic heterocycles. The van der Waals surface area contributed by atoms with Crippen molar-refractivity contribution in [3.63, 3.8) is 0 Å². The van der Waals surface area contributed by atoms with Gasteiger partial charge in [0.25, 0.3) is 0 Å². The van der Waals surface area contributed by atoms with Gasteiger partial charge in [-0.2, -0.15) is 0 Å². The smallest absolute Gasteiger partial charge is 0.241 e. The fourth-order valence-electron chi connectivity index (χ4n) is 3.70. The minimum atomic E-state index is 0.0120. The largest absolute Gasteiger partial charge is 0.330 e. The molecule has 0 saturated carbocycles. The van der Waals surface area contributed by atoms with Crippen LogP contribution in [0.5, 0.6) is 0 Å². The van der Waals surface area contributed by atoms with Crippen molar-refractivity contribution in [2.75, 3.05) is 25.0 Å². The Morgan fingerprint density at radius 3 is 3.00 bits per heavy atom. The molecule has 2 unspecified atom stereocenters. The number of likely N-dealkylation sites (tertiary alicyclic amines) is 1. The van der Waals surface area contributed by atoms with E-state index in [0.717, 1.165) is 44.6 Å². The maximum absolute atomic E-state index is 12.6. The van der Waals surface area contributed by atoms with Gasteiger partial charge < -0.3 is 11.1 Å². The number of anilines is 1. The number of nitrogens with two attached hydrogens (primary N) is 1. The summed E-state index contributed by atoms with van der Waals surface area (Å²) in [6, 6.07) is 8.16. The Balaban J connectivity index is 1.70. The molecule has 114 valence electrons. The zero-order chi connectivity index (χ0) is 14.7. The zero-order valence-corrected chi connectivity index (χ0v) is 12.6. The summed E-state index contributed by atoms with van der Waals surface area (Å²) in [6.07, 6.45) is 5.39. The number of para-hydroxylation sites is 1. The Labute approximate surface area is 126 Å². The van der Waals surface area contributed by atoms with Gasteiger partial charge in [0.1, 0.15) is 0 Å². The van der Waals surface area contributed by atoms with Gasteiger partial charge in [0, 0.05) is 12.2 Å². The minimum absolute atomic E-state index is 0.0120. The number of rotatable bonds is 3. The predicted molar refractivity (Wildman–Crippen MR) is 85.1 cm³/mol. The highest BCUT2D eigenvalue weighted by Crippen LogP contribution is 2.27. The third-order valence-electron chi connectivity index (χ3n) is 4.83. The normalized spacial score (nSPS) is 26.8. The number of nitrogens with zero attached hydrogens (tertiary/aromatic N) is 1. The number of benzene rings is 1. The van der Waals surface area contributed by atoms with Crippen LogP contribution < -0.4 is 11.1 Å². The van der Waals surface area contributed by atoms with Crippen molar-refractivity contribution >= 4 is 11.6 Å². The zero-order valence-electron chi connectivity index (χ0n) is 12.6. The molecule has 2 atom stereocenters. The number of hydrogen-bond donors (Lipinski definition) is 2.